The number of carbonyl (C=O) groups is 2. The number of rotatable bonds is 5. The molecule has 0 spiro atoms. The fourth-order valence-electron chi connectivity index (χ4n) is 1.96. The highest BCUT2D eigenvalue weighted by atomic mass is 16.4. The smallest absolute Gasteiger partial charge is 0.303 e. The number of nitrogens with one attached hydrogen (secondary N) is 1. The molecule has 0 bridgehead atoms. The van der Waals surface area contributed by atoms with E-state index in [-0.39, 0.29) is 25.3 Å². The molecule has 1 aliphatic carbocycles. The van der Waals surface area contributed by atoms with Crippen LogP contribution in [0.5, 0.6) is 0 Å². The topological polar surface area (TPSA) is 86.6 Å². The molecule has 5 heteroatoms. The molecule has 0 atom stereocenters. The van der Waals surface area contributed by atoms with Crippen molar-refractivity contribution in [2.75, 3.05) is 6.54 Å². The Bertz CT molecular complexity index is 259. The Morgan fingerprint density at radius 3 is 2.31 bits per heavy atom. The molecule has 0 heterocycles. The quantitative estimate of drug-likeness (QED) is 0.646. The molecule has 0 radical (unpaired) electrons. The van der Waals surface area contributed by atoms with E-state index < -0.39 is 11.6 Å². The lowest BCUT2D eigenvalue weighted by molar-refractivity contribution is -0.139. The highest BCUT2D eigenvalue weighted by Crippen LogP contribution is 2.27. The second-order valence-electron chi connectivity index (χ2n) is 4.46. The van der Waals surface area contributed by atoms with Crippen LogP contribution in [0.15, 0.2) is 0 Å². The standard InChI is InChI=1S/C11H19NO4/c13-9(4-5-10(14)15)12-8-11(16)6-2-1-3-7-11/h16H,1-8H2,(H,12,13)(H,14,15). The largest absolute Gasteiger partial charge is 0.481 e. The van der Waals surface area contributed by atoms with E-state index in [0.717, 1.165) is 19.3 Å². The van der Waals surface area contributed by atoms with Gasteiger partial charge in [-0.2, -0.15) is 0 Å². The Labute approximate surface area is 94.8 Å². The zero-order valence-electron chi connectivity index (χ0n) is 9.37. The molecule has 16 heavy (non-hydrogen) atoms. The van der Waals surface area contributed by atoms with E-state index in [9.17, 15) is 14.7 Å². The lowest BCUT2D eigenvalue weighted by atomic mass is 9.85. The van der Waals surface area contributed by atoms with Crippen molar-refractivity contribution < 1.29 is 19.8 Å². The molecule has 5 nitrogen and oxygen atoms in total. The zero-order valence-corrected chi connectivity index (χ0v) is 9.37. The number of aliphatic hydroxyl groups is 1. The van der Waals surface area contributed by atoms with Gasteiger partial charge in [0.25, 0.3) is 0 Å². The summed E-state index contributed by atoms with van der Waals surface area (Å²) in [6.07, 6.45) is 4.35. The van der Waals surface area contributed by atoms with Crippen LogP contribution in [0, 0.1) is 0 Å². The first-order valence-corrected chi connectivity index (χ1v) is 5.73. The fourth-order valence-corrected chi connectivity index (χ4v) is 1.96. The molecule has 1 rings (SSSR count). The maximum absolute atomic E-state index is 11.2. The van der Waals surface area contributed by atoms with E-state index in [1.54, 1.807) is 0 Å². The summed E-state index contributed by atoms with van der Waals surface area (Å²) in [5, 5.41) is 21.1. The van der Waals surface area contributed by atoms with Crippen LogP contribution in [0.2, 0.25) is 0 Å². The Morgan fingerprint density at radius 2 is 1.75 bits per heavy atom. The van der Waals surface area contributed by atoms with Crippen molar-refractivity contribution in [3.05, 3.63) is 0 Å². The third kappa shape index (κ3) is 4.61. The average molecular weight is 229 g/mol. The summed E-state index contributed by atoms with van der Waals surface area (Å²) >= 11 is 0. The molecule has 0 saturated heterocycles. The molecule has 0 aromatic carbocycles. The summed E-state index contributed by atoms with van der Waals surface area (Å²) in [7, 11) is 0. The van der Waals surface area contributed by atoms with Gasteiger partial charge in [-0.25, -0.2) is 0 Å². The highest BCUT2D eigenvalue weighted by molar-refractivity contribution is 5.80. The predicted octanol–water partition coefficient (Wildman–Crippen LogP) is 0.663. The highest BCUT2D eigenvalue weighted by Gasteiger charge is 2.29. The molecular weight excluding hydrogens is 210 g/mol. The summed E-state index contributed by atoms with van der Waals surface area (Å²) < 4.78 is 0. The first kappa shape index (κ1) is 13.0. The molecule has 0 unspecified atom stereocenters. The second kappa shape index (κ2) is 5.84. The maximum atomic E-state index is 11.2. The summed E-state index contributed by atoms with van der Waals surface area (Å²) in [5.74, 6) is -1.28. The molecule has 1 aliphatic rings. The van der Waals surface area contributed by atoms with Crippen molar-refractivity contribution in [3.63, 3.8) is 0 Å². The fraction of sp³-hybridized carbons (Fsp3) is 0.818. The lowest BCUT2D eigenvalue weighted by Crippen LogP contribution is -2.44. The van der Waals surface area contributed by atoms with Crippen LogP contribution >= 0.6 is 0 Å². The number of hydrogen-bond donors (Lipinski definition) is 3. The zero-order chi connectivity index (χ0) is 12.0. The van der Waals surface area contributed by atoms with E-state index in [1.807, 2.05) is 0 Å². The van der Waals surface area contributed by atoms with E-state index >= 15 is 0 Å². The van der Waals surface area contributed by atoms with Gasteiger partial charge < -0.3 is 15.5 Å². The molecule has 1 fully saturated rings. The number of amides is 1. The first-order chi connectivity index (χ1) is 7.52. The van der Waals surface area contributed by atoms with Crippen LogP contribution < -0.4 is 5.32 Å². The van der Waals surface area contributed by atoms with Crippen molar-refractivity contribution in [3.8, 4) is 0 Å². The van der Waals surface area contributed by atoms with Crippen molar-refractivity contribution in [2.24, 2.45) is 0 Å². The molecule has 1 saturated carbocycles. The monoisotopic (exact) mass is 229 g/mol. The normalized spacial score (nSPS) is 19.1. The molecule has 0 aromatic rings. The first-order valence-electron chi connectivity index (χ1n) is 5.73. The number of aliphatic carboxylic acids is 1. The Kier molecular flexibility index (Phi) is 4.73. The average Bonchev–Trinajstić information content (AvgIpc) is 2.25. The van der Waals surface area contributed by atoms with E-state index in [2.05, 4.69) is 5.32 Å². The lowest BCUT2D eigenvalue weighted by Gasteiger charge is -2.32. The molecule has 0 aliphatic heterocycles. The predicted molar refractivity (Wildman–Crippen MR) is 57.9 cm³/mol. The maximum Gasteiger partial charge on any atom is 0.303 e. The van der Waals surface area contributed by atoms with E-state index in [4.69, 9.17) is 5.11 Å². The van der Waals surface area contributed by atoms with Gasteiger partial charge in [0.1, 0.15) is 0 Å². The number of carboxylic acids is 1. The SMILES string of the molecule is O=C(O)CCC(=O)NCC1(O)CCCCC1. The van der Waals surface area contributed by atoms with Crippen LogP contribution in [0.3, 0.4) is 0 Å². The van der Waals surface area contributed by atoms with Gasteiger partial charge in [0.2, 0.25) is 5.91 Å². The van der Waals surface area contributed by atoms with Crippen LogP contribution in [0.4, 0.5) is 0 Å². The summed E-state index contributed by atoms with van der Waals surface area (Å²) in [5.41, 5.74) is -0.781. The third-order valence-electron chi connectivity index (χ3n) is 2.96. The van der Waals surface area contributed by atoms with Gasteiger partial charge in [-0.05, 0) is 12.8 Å². The summed E-state index contributed by atoms with van der Waals surface area (Å²) in [4.78, 5) is 21.5. The number of carbonyl (C=O) groups excluding carboxylic acids is 1. The summed E-state index contributed by atoms with van der Waals surface area (Å²) in [6, 6.07) is 0. The van der Waals surface area contributed by atoms with Crippen LogP contribution in [-0.2, 0) is 9.59 Å². The van der Waals surface area contributed by atoms with E-state index in [1.165, 1.54) is 0 Å². The second-order valence-corrected chi connectivity index (χ2v) is 4.46. The Hall–Kier alpha value is -1.10. The van der Waals surface area contributed by atoms with Crippen molar-refractivity contribution in [1.82, 2.24) is 5.32 Å². The van der Waals surface area contributed by atoms with Gasteiger partial charge in [-0.3, -0.25) is 9.59 Å². The van der Waals surface area contributed by atoms with Gasteiger partial charge in [-0.15, -0.1) is 0 Å². The van der Waals surface area contributed by atoms with Crippen molar-refractivity contribution in [1.29, 1.82) is 0 Å². The van der Waals surface area contributed by atoms with Gasteiger partial charge in [0.05, 0.1) is 12.0 Å². The van der Waals surface area contributed by atoms with Gasteiger partial charge in [0, 0.05) is 13.0 Å². The molecule has 3 N–H and O–H groups in total. The van der Waals surface area contributed by atoms with Crippen molar-refractivity contribution >= 4 is 11.9 Å². The molecule has 0 aromatic heterocycles. The minimum atomic E-state index is -0.980. The van der Waals surface area contributed by atoms with Gasteiger partial charge >= 0.3 is 5.97 Å². The van der Waals surface area contributed by atoms with E-state index in [0.29, 0.717) is 12.8 Å². The van der Waals surface area contributed by atoms with Gasteiger partial charge in [0.15, 0.2) is 0 Å². The van der Waals surface area contributed by atoms with Crippen LogP contribution in [-0.4, -0.2) is 34.2 Å². The Morgan fingerprint density at radius 1 is 1.12 bits per heavy atom. The molecule has 1 amide bonds. The molecule has 92 valence electrons. The van der Waals surface area contributed by atoms with Crippen molar-refractivity contribution in [2.45, 2.75) is 50.5 Å². The minimum Gasteiger partial charge on any atom is -0.481 e. The third-order valence-corrected chi connectivity index (χ3v) is 2.96. The van der Waals surface area contributed by atoms with Crippen LogP contribution in [0.1, 0.15) is 44.9 Å². The number of carboxylic acid groups (broad SMARTS) is 1. The number of hydrogen-bond acceptors (Lipinski definition) is 3. The minimum absolute atomic E-state index is 0.0224. The molecular formula is C11H19NO4. The Balaban J connectivity index is 2.22. The van der Waals surface area contributed by atoms with Gasteiger partial charge in [-0.1, -0.05) is 19.3 Å². The summed E-state index contributed by atoms with van der Waals surface area (Å²) in [6.45, 7) is 0.242. The van der Waals surface area contributed by atoms with Crippen LogP contribution in [0.25, 0.3) is 0 Å².